The van der Waals surface area contributed by atoms with Crippen LogP contribution in [0.15, 0.2) is 49.4 Å². The van der Waals surface area contributed by atoms with E-state index in [1.54, 1.807) is 24.8 Å². The SMILES string of the molecule is Cc1cnc(NC2CCC(CCC(F)(F)F)CC2)nc1-c1cnc2ccc(Nc3cncnc3)cn12. The van der Waals surface area contributed by atoms with Gasteiger partial charge in [-0.25, -0.2) is 24.9 Å². The molecule has 36 heavy (non-hydrogen) atoms. The van der Waals surface area contributed by atoms with E-state index >= 15 is 0 Å². The highest BCUT2D eigenvalue weighted by atomic mass is 19.4. The number of anilines is 3. The molecule has 0 saturated heterocycles. The molecule has 0 spiro atoms. The van der Waals surface area contributed by atoms with Gasteiger partial charge in [-0.1, -0.05) is 0 Å². The Balaban J connectivity index is 1.30. The van der Waals surface area contributed by atoms with Crippen LogP contribution in [0, 0.1) is 12.8 Å². The first kappa shape index (κ1) is 24.0. The summed E-state index contributed by atoms with van der Waals surface area (Å²) in [7, 11) is 0. The minimum Gasteiger partial charge on any atom is -0.352 e. The van der Waals surface area contributed by atoms with E-state index < -0.39 is 12.6 Å². The van der Waals surface area contributed by atoms with Gasteiger partial charge in [0.15, 0.2) is 0 Å². The summed E-state index contributed by atoms with van der Waals surface area (Å²) in [5.74, 6) is 0.641. The molecular weight excluding hydrogens is 469 g/mol. The zero-order valence-electron chi connectivity index (χ0n) is 19.8. The molecule has 2 N–H and O–H groups in total. The third-order valence-corrected chi connectivity index (χ3v) is 6.59. The maximum atomic E-state index is 12.5. The molecule has 5 rings (SSSR count). The summed E-state index contributed by atoms with van der Waals surface area (Å²) in [6.07, 6.45) is 9.00. The molecule has 1 saturated carbocycles. The van der Waals surface area contributed by atoms with Crippen molar-refractivity contribution in [2.75, 3.05) is 10.6 Å². The fourth-order valence-corrected chi connectivity index (χ4v) is 4.68. The third-order valence-electron chi connectivity index (χ3n) is 6.59. The molecule has 0 aliphatic heterocycles. The van der Waals surface area contributed by atoms with E-state index in [0.717, 1.165) is 59.7 Å². The lowest BCUT2D eigenvalue weighted by molar-refractivity contribution is -0.138. The standard InChI is InChI=1S/C25H27F3N8/c1-16-10-32-24(34-18-4-2-17(3-5-18)8-9-25(26,27)28)35-23(16)21-13-31-22-7-6-19(14-36(21)22)33-20-11-29-15-30-12-20/h6-7,10-15,17-18,33H,2-5,8-9H2,1H3,(H,32,34,35). The van der Waals surface area contributed by atoms with Crippen LogP contribution < -0.4 is 10.6 Å². The molecule has 4 aromatic heterocycles. The first-order valence-electron chi connectivity index (χ1n) is 12.0. The average Bonchev–Trinajstić information content (AvgIpc) is 3.28. The van der Waals surface area contributed by atoms with Gasteiger partial charge in [-0.15, -0.1) is 0 Å². The second-order valence-corrected chi connectivity index (χ2v) is 9.28. The second kappa shape index (κ2) is 10.1. The normalized spacial score (nSPS) is 18.3. The van der Waals surface area contributed by atoms with Gasteiger partial charge < -0.3 is 10.6 Å². The Bertz CT molecular complexity index is 1310. The Morgan fingerprint density at radius 2 is 1.75 bits per heavy atom. The van der Waals surface area contributed by atoms with Crippen LogP contribution in [0.2, 0.25) is 0 Å². The molecule has 0 atom stereocenters. The molecule has 1 aliphatic carbocycles. The van der Waals surface area contributed by atoms with Crippen molar-refractivity contribution in [2.24, 2.45) is 5.92 Å². The molecular formula is C25H27F3N8. The lowest BCUT2D eigenvalue weighted by atomic mass is 9.83. The van der Waals surface area contributed by atoms with Gasteiger partial charge in [0.2, 0.25) is 5.95 Å². The van der Waals surface area contributed by atoms with Crippen molar-refractivity contribution in [1.29, 1.82) is 0 Å². The van der Waals surface area contributed by atoms with Gasteiger partial charge >= 0.3 is 6.18 Å². The van der Waals surface area contributed by atoms with E-state index in [-0.39, 0.29) is 18.4 Å². The number of hydrogen-bond acceptors (Lipinski definition) is 7. The highest BCUT2D eigenvalue weighted by Gasteiger charge is 2.30. The van der Waals surface area contributed by atoms with E-state index in [4.69, 9.17) is 4.98 Å². The molecule has 4 aromatic rings. The molecule has 0 bridgehead atoms. The Labute approximate surface area is 206 Å². The lowest BCUT2D eigenvalue weighted by Crippen LogP contribution is -2.27. The van der Waals surface area contributed by atoms with E-state index in [1.165, 1.54) is 6.33 Å². The van der Waals surface area contributed by atoms with Crippen LogP contribution in [0.3, 0.4) is 0 Å². The molecule has 1 aliphatic rings. The van der Waals surface area contributed by atoms with Crippen molar-refractivity contribution in [3.8, 4) is 11.4 Å². The summed E-state index contributed by atoms with van der Waals surface area (Å²) in [5.41, 5.74) is 4.91. The zero-order chi connectivity index (χ0) is 25.1. The van der Waals surface area contributed by atoms with Crippen LogP contribution in [0.5, 0.6) is 0 Å². The van der Waals surface area contributed by atoms with Crippen molar-refractivity contribution in [3.63, 3.8) is 0 Å². The zero-order valence-corrected chi connectivity index (χ0v) is 19.8. The first-order chi connectivity index (χ1) is 17.3. The average molecular weight is 497 g/mol. The summed E-state index contributed by atoms with van der Waals surface area (Å²) >= 11 is 0. The van der Waals surface area contributed by atoms with E-state index in [1.807, 2.05) is 29.7 Å². The fraction of sp³-hybridized carbons (Fsp3) is 0.400. The monoisotopic (exact) mass is 496 g/mol. The van der Waals surface area contributed by atoms with Crippen molar-refractivity contribution >= 4 is 23.0 Å². The molecule has 0 aromatic carbocycles. The molecule has 4 heterocycles. The number of alkyl halides is 3. The van der Waals surface area contributed by atoms with Gasteiger partial charge in [0.25, 0.3) is 0 Å². The number of nitrogens with one attached hydrogen (secondary N) is 2. The van der Waals surface area contributed by atoms with Crippen LogP contribution in [0.25, 0.3) is 17.0 Å². The van der Waals surface area contributed by atoms with Crippen LogP contribution >= 0.6 is 0 Å². The van der Waals surface area contributed by atoms with Crippen LogP contribution in [-0.4, -0.2) is 41.5 Å². The number of nitrogens with zero attached hydrogens (tertiary/aromatic N) is 6. The number of fused-ring (bicyclic) bond motifs is 1. The third kappa shape index (κ3) is 5.72. The Kier molecular flexibility index (Phi) is 6.71. The Morgan fingerprint density at radius 3 is 2.50 bits per heavy atom. The molecule has 188 valence electrons. The van der Waals surface area contributed by atoms with E-state index in [2.05, 4.69) is 30.6 Å². The van der Waals surface area contributed by atoms with Gasteiger partial charge in [0, 0.05) is 24.9 Å². The topological polar surface area (TPSA) is 92.9 Å². The van der Waals surface area contributed by atoms with Crippen molar-refractivity contribution < 1.29 is 13.2 Å². The van der Waals surface area contributed by atoms with Crippen molar-refractivity contribution in [3.05, 3.63) is 55.0 Å². The second-order valence-electron chi connectivity index (χ2n) is 9.28. The quantitative estimate of drug-likeness (QED) is 0.327. The summed E-state index contributed by atoms with van der Waals surface area (Å²) in [5, 5.41) is 6.68. The number of halogens is 3. The number of hydrogen-bond donors (Lipinski definition) is 2. The number of pyridine rings is 1. The van der Waals surface area contributed by atoms with Gasteiger partial charge in [0.1, 0.15) is 12.0 Å². The van der Waals surface area contributed by atoms with Gasteiger partial charge in [-0.05, 0) is 62.6 Å². The van der Waals surface area contributed by atoms with E-state index in [9.17, 15) is 13.2 Å². The van der Waals surface area contributed by atoms with Gasteiger partial charge in [-0.3, -0.25) is 4.40 Å². The van der Waals surface area contributed by atoms with E-state index in [0.29, 0.717) is 5.95 Å². The van der Waals surface area contributed by atoms with Crippen molar-refractivity contribution in [2.45, 2.75) is 57.7 Å². The van der Waals surface area contributed by atoms with Crippen molar-refractivity contribution in [1.82, 2.24) is 29.3 Å². The summed E-state index contributed by atoms with van der Waals surface area (Å²) < 4.78 is 39.6. The predicted molar refractivity (Wildman–Crippen MR) is 131 cm³/mol. The molecule has 0 radical (unpaired) electrons. The Hall–Kier alpha value is -3.76. The van der Waals surface area contributed by atoms with Crippen LogP contribution in [0.4, 0.5) is 30.5 Å². The Morgan fingerprint density at radius 1 is 0.972 bits per heavy atom. The molecule has 8 nitrogen and oxygen atoms in total. The number of aryl methyl sites for hydroxylation is 1. The smallest absolute Gasteiger partial charge is 0.352 e. The summed E-state index contributed by atoms with van der Waals surface area (Å²) in [6, 6.07) is 4.00. The number of imidazole rings is 1. The van der Waals surface area contributed by atoms with Gasteiger partial charge in [-0.2, -0.15) is 13.2 Å². The molecule has 11 heteroatoms. The molecule has 1 fully saturated rings. The molecule has 0 unspecified atom stereocenters. The fourth-order valence-electron chi connectivity index (χ4n) is 4.68. The maximum absolute atomic E-state index is 12.5. The minimum atomic E-state index is -4.08. The summed E-state index contributed by atoms with van der Waals surface area (Å²) in [4.78, 5) is 21.8. The lowest BCUT2D eigenvalue weighted by Gasteiger charge is -2.29. The largest absolute Gasteiger partial charge is 0.389 e. The number of aromatic nitrogens is 6. The van der Waals surface area contributed by atoms with Gasteiger partial charge in [0.05, 0.1) is 41.4 Å². The highest BCUT2D eigenvalue weighted by molar-refractivity contribution is 5.67. The van der Waals surface area contributed by atoms with Crippen LogP contribution in [0.1, 0.15) is 44.1 Å². The maximum Gasteiger partial charge on any atom is 0.389 e. The number of rotatable bonds is 7. The first-order valence-corrected chi connectivity index (χ1v) is 12.0. The van der Waals surface area contributed by atoms with Crippen LogP contribution in [-0.2, 0) is 0 Å². The summed E-state index contributed by atoms with van der Waals surface area (Å²) in [6.45, 7) is 1.95. The molecule has 0 amide bonds. The minimum absolute atomic E-state index is 0.127. The highest BCUT2D eigenvalue weighted by Crippen LogP contribution is 2.33. The predicted octanol–water partition coefficient (Wildman–Crippen LogP) is 5.95.